The van der Waals surface area contributed by atoms with Crippen LogP contribution in [0.25, 0.3) is 0 Å². The van der Waals surface area contributed by atoms with Crippen LogP contribution >= 0.6 is 0 Å². The molecule has 2 rings (SSSR count). The van der Waals surface area contributed by atoms with Crippen LogP contribution in [0.4, 0.5) is 0 Å². The number of hydrogen-bond acceptors (Lipinski definition) is 8. The molecule has 2 N–H and O–H groups in total. The maximum atomic E-state index is 11.7. The van der Waals surface area contributed by atoms with Crippen LogP contribution in [0, 0.1) is 0 Å². The van der Waals surface area contributed by atoms with Gasteiger partial charge in [0, 0.05) is 13.2 Å². The summed E-state index contributed by atoms with van der Waals surface area (Å²) in [7, 11) is 1.39. The first-order valence-electron chi connectivity index (χ1n) is 8.23. The monoisotopic (exact) mass is 378 g/mol. The lowest BCUT2D eigenvalue weighted by Crippen LogP contribution is -2.41. The SMILES string of the molecule is COc1cc(/C=N\NC(=O)C(=O)NC[C@H]2CCCO2)ccc1OCC(=O)[O-]. The summed E-state index contributed by atoms with van der Waals surface area (Å²) in [6.45, 7) is 0.332. The Hall–Kier alpha value is -3.14. The highest BCUT2D eigenvalue weighted by atomic mass is 16.5. The van der Waals surface area contributed by atoms with Gasteiger partial charge in [0.25, 0.3) is 0 Å². The second-order valence-corrected chi connectivity index (χ2v) is 5.62. The average Bonchev–Trinajstić information content (AvgIpc) is 3.18. The standard InChI is InChI=1S/C17H21N3O7/c1-25-14-7-11(4-5-13(14)27-10-15(21)22)8-19-20-17(24)16(23)18-9-12-3-2-6-26-12/h4-5,7-8,12H,2-3,6,9-10H2,1H3,(H,18,23)(H,20,24)(H,21,22)/p-1/b19-8-/t12-/m1/s1. The van der Waals surface area contributed by atoms with Gasteiger partial charge < -0.3 is 29.4 Å². The van der Waals surface area contributed by atoms with Crippen LogP contribution in [0.3, 0.4) is 0 Å². The van der Waals surface area contributed by atoms with E-state index in [1.165, 1.54) is 25.5 Å². The highest BCUT2D eigenvalue weighted by Crippen LogP contribution is 2.27. The lowest BCUT2D eigenvalue weighted by molar-refractivity contribution is -0.307. The summed E-state index contributed by atoms with van der Waals surface area (Å²) < 4.78 is 15.5. The number of rotatable bonds is 8. The Morgan fingerprint density at radius 2 is 2.15 bits per heavy atom. The van der Waals surface area contributed by atoms with Gasteiger partial charge in [-0.1, -0.05) is 0 Å². The number of carbonyl (C=O) groups excluding carboxylic acids is 3. The lowest BCUT2D eigenvalue weighted by atomic mass is 10.2. The molecule has 0 aromatic heterocycles. The Balaban J connectivity index is 1.84. The first-order valence-corrected chi connectivity index (χ1v) is 8.23. The van der Waals surface area contributed by atoms with E-state index < -0.39 is 24.4 Å². The average molecular weight is 378 g/mol. The van der Waals surface area contributed by atoms with E-state index in [2.05, 4.69) is 15.8 Å². The summed E-state index contributed by atoms with van der Waals surface area (Å²) in [5, 5.41) is 16.6. The van der Waals surface area contributed by atoms with Crippen molar-refractivity contribution in [3.8, 4) is 11.5 Å². The van der Waals surface area contributed by atoms with E-state index in [1.54, 1.807) is 6.07 Å². The van der Waals surface area contributed by atoms with Gasteiger partial charge in [0.15, 0.2) is 11.5 Å². The molecule has 10 nitrogen and oxygen atoms in total. The first kappa shape index (κ1) is 20.2. The first-order chi connectivity index (χ1) is 13.0. The van der Waals surface area contributed by atoms with Gasteiger partial charge in [0.05, 0.1) is 25.4 Å². The van der Waals surface area contributed by atoms with E-state index >= 15 is 0 Å². The second-order valence-electron chi connectivity index (χ2n) is 5.62. The smallest absolute Gasteiger partial charge is 0.329 e. The van der Waals surface area contributed by atoms with Gasteiger partial charge in [-0.2, -0.15) is 5.10 Å². The number of aliphatic carboxylic acids is 1. The van der Waals surface area contributed by atoms with E-state index in [0.717, 1.165) is 12.8 Å². The molecule has 0 unspecified atom stereocenters. The summed E-state index contributed by atoms with van der Waals surface area (Å²) in [6, 6.07) is 4.58. The number of benzene rings is 1. The van der Waals surface area contributed by atoms with Crippen LogP contribution in [-0.4, -0.2) is 57.0 Å². The number of carboxylic acid groups (broad SMARTS) is 1. The summed E-state index contributed by atoms with van der Waals surface area (Å²) in [4.78, 5) is 33.8. The molecule has 1 atom stereocenters. The van der Waals surface area contributed by atoms with Crippen LogP contribution in [-0.2, 0) is 19.1 Å². The summed E-state index contributed by atoms with van der Waals surface area (Å²) >= 11 is 0. The van der Waals surface area contributed by atoms with Crippen molar-refractivity contribution in [2.45, 2.75) is 18.9 Å². The molecule has 0 bridgehead atoms. The molecule has 2 amide bonds. The molecule has 10 heteroatoms. The Morgan fingerprint density at radius 1 is 1.33 bits per heavy atom. The zero-order valence-electron chi connectivity index (χ0n) is 14.7. The highest BCUT2D eigenvalue weighted by Gasteiger charge is 2.18. The summed E-state index contributed by atoms with van der Waals surface area (Å²) in [6.07, 6.45) is 3.04. The Labute approximate surface area is 155 Å². The van der Waals surface area contributed by atoms with Crippen molar-refractivity contribution in [2.75, 3.05) is 26.9 Å². The number of amides is 2. The van der Waals surface area contributed by atoms with Crippen LogP contribution in [0.1, 0.15) is 18.4 Å². The molecule has 1 fully saturated rings. The number of nitrogens with zero attached hydrogens (tertiary/aromatic N) is 1. The van der Waals surface area contributed by atoms with E-state index in [1.807, 2.05) is 0 Å². The van der Waals surface area contributed by atoms with Crippen LogP contribution in [0.2, 0.25) is 0 Å². The third-order valence-corrected chi connectivity index (χ3v) is 3.63. The molecule has 27 heavy (non-hydrogen) atoms. The topological polar surface area (TPSA) is 138 Å². The molecular weight excluding hydrogens is 358 g/mol. The predicted molar refractivity (Wildman–Crippen MR) is 91.2 cm³/mol. The third-order valence-electron chi connectivity index (χ3n) is 3.63. The number of carboxylic acids is 1. The van der Waals surface area contributed by atoms with Gasteiger partial charge in [-0.3, -0.25) is 9.59 Å². The minimum atomic E-state index is -1.36. The van der Waals surface area contributed by atoms with E-state index in [4.69, 9.17) is 14.2 Å². The van der Waals surface area contributed by atoms with Gasteiger partial charge in [0.1, 0.15) is 6.61 Å². The zero-order chi connectivity index (χ0) is 19.6. The number of carbonyl (C=O) groups is 3. The number of nitrogens with one attached hydrogen (secondary N) is 2. The normalized spacial score (nSPS) is 16.1. The molecule has 1 aliphatic heterocycles. The third kappa shape index (κ3) is 6.59. The van der Waals surface area contributed by atoms with Crippen molar-refractivity contribution in [2.24, 2.45) is 5.10 Å². The predicted octanol–water partition coefficient (Wildman–Crippen LogP) is -1.43. The number of methoxy groups -OCH3 is 1. The van der Waals surface area contributed by atoms with Crippen molar-refractivity contribution in [1.82, 2.24) is 10.7 Å². The van der Waals surface area contributed by atoms with Gasteiger partial charge in [0.2, 0.25) is 0 Å². The maximum absolute atomic E-state index is 11.7. The number of hydrazone groups is 1. The maximum Gasteiger partial charge on any atom is 0.329 e. The number of hydrogen-bond donors (Lipinski definition) is 2. The van der Waals surface area contributed by atoms with E-state index in [-0.39, 0.29) is 24.1 Å². The zero-order valence-corrected chi connectivity index (χ0v) is 14.7. The number of ether oxygens (including phenoxy) is 3. The van der Waals surface area contributed by atoms with Crippen molar-refractivity contribution < 1.29 is 33.7 Å². The second kappa shape index (κ2) is 10.1. The molecule has 0 radical (unpaired) electrons. The molecular formula is C17H20N3O7-. The van der Waals surface area contributed by atoms with Gasteiger partial charge in [-0.05, 0) is 36.6 Å². The van der Waals surface area contributed by atoms with Crippen molar-refractivity contribution in [1.29, 1.82) is 0 Å². The molecule has 1 aromatic rings. The Morgan fingerprint density at radius 3 is 2.81 bits per heavy atom. The van der Waals surface area contributed by atoms with Crippen molar-refractivity contribution in [3.63, 3.8) is 0 Å². The Bertz CT molecular complexity index is 714. The quantitative estimate of drug-likeness (QED) is 0.321. The molecule has 1 heterocycles. The highest BCUT2D eigenvalue weighted by molar-refractivity contribution is 6.35. The van der Waals surface area contributed by atoms with Crippen LogP contribution in [0.15, 0.2) is 23.3 Å². The van der Waals surface area contributed by atoms with Crippen molar-refractivity contribution >= 4 is 24.0 Å². The van der Waals surface area contributed by atoms with Gasteiger partial charge in [-0.25, -0.2) is 5.43 Å². The molecule has 0 spiro atoms. The fraction of sp³-hybridized carbons (Fsp3) is 0.412. The molecule has 1 aromatic carbocycles. The van der Waals surface area contributed by atoms with Gasteiger partial charge in [-0.15, -0.1) is 0 Å². The minimum absolute atomic E-state index is 0.0599. The Kier molecular flexibility index (Phi) is 7.56. The fourth-order valence-corrected chi connectivity index (χ4v) is 2.33. The molecule has 0 aliphatic carbocycles. The fourth-order valence-electron chi connectivity index (χ4n) is 2.33. The van der Waals surface area contributed by atoms with Crippen molar-refractivity contribution in [3.05, 3.63) is 23.8 Å². The van der Waals surface area contributed by atoms with Gasteiger partial charge >= 0.3 is 11.8 Å². The molecule has 1 aliphatic rings. The molecule has 146 valence electrons. The largest absolute Gasteiger partial charge is 0.546 e. The van der Waals surface area contributed by atoms with E-state index in [0.29, 0.717) is 12.2 Å². The van der Waals surface area contributed by atoms with Crippen LogP contribution < -0.4 is 25.3 Å². The summed E-state index contributed by atoms with van der Waals surface area (Å²) in [5.41, 5.74) is 2.65. The molecule has 1 saturated heterocycles. The lowest BCUT2D eigenvalue weighted by Gasteiger charge is -2.11. The van der Waals surface area contributed by atoms with Crippen LogP contribution in [0.5, 0.6) is 11.5 Å². The molecule has 0 saturated carbocycles. The minimum Gasteiger partial charge on any atom is -0.546 e. The summed E-state index contributed by atoms with van der Waals surface area (Å²) in [5.74, 6) is -2.56. The van der Waals surface area contributed by atoms with E-state index in [9.17, 15) is 19.5 Å².